The van der Waals surface area contributed by atoms with Crippen LogP contribution in [-0.4, -0.2) is 0 Å². The summed E-state index contributed by atoms with van der Waals surface area (Å²) in [7, 11) is 0. The maximum absolute atomic E-state index is 13.1. The third-order valence-electron chi connectivity index (χ3n) is 6.14. The van der Waals surface area contributed by atoms with Crippen LogP contribution < -0.4 is 22.5 Å². The third-order valence-corrected chi connectivity index (χ3v) is 6.14. The van der Waals surface area contributed by atoms with E-state index in [1.165, 1.54) is 0 Å². The van der Waals surface area contributed by atoms with E-state index < -0.39 is 22.5 Å². The van der Waals surface area contributed by atoms with Crippen molar-refractivity contribution in [1.29, 1.82) is 0 Å². The fourth-order valence-electron chi connectivity index (χ4n) is 5.05. The van der Waals surface area contributed by atoms with Gasteiger partial charge in [0.15, 0.2) is 0 Å². The zero-order valence-corrected chi connectivity index (χ0v) is 15.1. The number of fused-ring (bicyclic) bond motifs is 4. The second-order valence-electron chi connectivity index (χ2n) is 7.47. The molecular formula is C24H8O6. The molecule has 0 amide bonds. The summed E-state index contributed by atoms with van der Waals surface area (Å²) >= 11 is 0. The Morgan fingerprint density at radius 3 is 1.57 bits per heavy atom. The van der Waals surface area contributed by atoms with Gasteiger partial charge >= 0.3 is 22.5 Å². The molecule has 140 valence electrons. The summed E-state index contributed by atoms with van der Waals surface area (Å²) in [4.78, 5) is 51.1. The molecule has 30 heavy (non-hydrogen) atoms. The summed E-state index contributed by atoms with van der Waals surface area (Å²) in [6.07, 6.45) is 0. The van der Waals surface area contributed by atoms with E-state index in [1.807, 2.05) is 24.3 Å². The molecule has 0 unspecified atom stereocenters. The minimum Gasteiger partial charge on any atom is -0.386 e. The quantitative estimate of drug-likeness (QED) is 0.289. The molecule has 6 nitrogen and oxygen atoms in total. The Morgan fingerprint density at radius 1 is 0.367 bits per heavy atom. The van der Waals surface area contributed by atoms with Crippen molar-refractivity contribution in [3.8, 4) is 0 Å². The average Bonchev–Trinajstić information content (AvgIpc) is 3.07. The van der Waals surface area contributed by atoms with Crippen LogP contribution in [0.25, 0.3) is 64.6 Å². The van der Waals surface area contributed by atoms with Crippen molar-refractivity contribution in [2.45, 2.75) is 0 Å². The summed E-state index contributed by atoms with van der Waals surface area (Å²) in [5.41, 5.74) is -3.50. The van der Waals surface area contributed by atoms with Crippen LogP contribution in [0.15, 0.2) is 76.5 Å². The van der Waals surface area contributed by atoms with E-state index in [-0.39, 0.29) is 21.5 Å². The first-order valence-electron chi connectivity index (χ1n) is 9.28. The number of hydrogen-bond donors (Lipinski definition) is 0. The van der Waals surface area contributed by atoms with Crippen LogP contribution in [0.5, 0.6) is 0 Å². The highest BCUT2D eigenvalue weighted by atomic mass is 16.4. The predicted octanol–water partition coefficient (Wildman–Crippen LogP) is 3.55. The van der Waals surface area contributed by atoms with Crippen molar-refractivity contribution in [2.75, 3.05) is 0 Å². The predicted molar refractivity (Wildman–Crippen MR) is 115 cm³/mol. The number of furan rings is 1. The number of rotatable bonds is 0. The standard InChI is InChI=1S/C24H8O6/c25-21-12-7-8-14-15-9(3-1-5-11(12)15)10-4-2-6-13-16(10)17(14)19(23(27)29-21)20-18(13)22(26)30-24(20)28/h1-8H. The second-order valence-corrected chi connectivity index (χ2v) is 7.47. The van der Waals surface area contributed by atoms with Crippen LogP contribution in [0.2, 0.25) is 0 Å². The summed E-state index contributed by atoms with van der Waals surface area (Å²) in [5, 5.41) is 5.62. The van der Waals surface area contributed by atoms with Crippen LogP contribution in [0.3, 0.4) is 0 Å². The molecule has 0 aliphatic rings. The summed E-state index contributed by atoms with van der Waals surface area (Å²) in [6, 6.07) is 14.4. The molecule has 4 bridgehead atoms. The van der Waals surface area contributed by atoms with E-state index in [4.69, 9.17) is 8.83 Å². The Labute approximate surface area is 164 Å². The molecule has 5 aromatic carbocycles. The molecule has 0 aliphatic heterocycles. The Morgan fingerprint density at radius 2 is 0.833 bits per heavy atom. The Hall–Kier alpha value is -4.32. The minimum absolute atomic E-state index is 0.0330. The van der Waals surface area contributed by atoms with Gasteiger partial charge in [-0.2, -0.15) is 0 Å². The average molecular weight is 392 g/mol. The van der Waals surface area contributed by atoms with Gasteiger partial charge in [-0.3, -0.25) is 0 Å². The molecule has 2 aromatic heterocycles. The summed E-state index contributed by atoms with van der Waals surface area (Å²) in [5.74, 6) is 0. The van der Waals surface area contributed by atoms with Crippen molar-refractivity contribution in [1.82, 2.24) is 0 Å². The fourth-order valence-corrected chi connectivity index (χ4v) is 5.05. The Bertz CT molecular complexity index is 2080. The molecule has 0 saturated heterocycles. The Kier molecular flexibility index (Phi) is 2.50. The highest BCUT2D eigenvalue weighted by Gasteiger charge is 2.25. The molecular weight excluding hydrogens is 384 g/mol. The van der Waals surface area contributed by atoms with Crippen molar-refractivity contribution >= 4 is 64.6 Å². The van der Waals surface area contributed by atoms with Gasteiger partial charge in [-0.05, 0) is 43.8 Å². The lowest BCUT2D eigenvalue weighted by Crippen LogP contribution is -2.08. The molecule has 2 heterocycles. The maximum Gasteiger partial charge on any atom is 0.347 e. The van der Waals surface area contributed by atoms with E-state index in [9.17, 15) is 19.2 Å². The minimum atomic E-state index is -0.968. The molecule has 7 rings (SSSR count). The van der Waals surface area contributed by atoms with E-state index in [0.29, 0.717) is 26.9 Å². The fraction of sp³-hybridized carbons (Fsp3) is 0. The summed E-state index contributed by atoms with van der Waals surface area (Å²) in [6.45, 7) is 0. The largest absolute Gasteiger partial charge is 0.386 e. The van der Waals surface area contributed by atoms with Gasteiger partial charge in [0.2, 0.25) is 0 Å². The van der Waals surface area contributed by atoms with E-state index in [1.54, 1.807) is 24.3 Å². The van der Waals surface area contributed by atoms with Gasteiger partial charge < -0.3 is 8.83 Å². The Balaban J connectivity index is 2.17. The second kappa shape index (κ2) is 4.80. The molecule has 0 aliphatic carbocycles. The van der Waals surface area contributed by atoms with Crippen molar-refractivity contribution in [3.05, 3.63) is 90.2 Å². The maximum atomic E-state index is 13.1. The van der Waals surface area contributed by atoms with Crippen molar-refractivity contribution in [3.63, 3.8) is 0 Å². The van der Waals surface area contributed by atoms with Crippen LogP contribution in [0.1, 0.15) is 0 Å². The first kappa shape index (κ1) is 15.6. The monoisotopic (exact) mass is 392 g/mol. The van der Waals surface area contributed by atoms with Gasteiger partial charge in [-0.25, -0.2) is 19.2 Å². The lowest BCUT2D eigenvalue weighted by Gasteiger charge is -2.14. The van der Waals surface area contributed by atoms with Gasteiger partial charge in [0.1, 0.15) is 0 Å². The highest BCUT2D eigenvalue weighted by Crippen LogP contribution is 2.44. The molecule has 0 radical (unpaired) electrons. The van der Waals surface area contributed by atoms with Gasteiger partial charge in [-0.1, -0.05) is 42.5 Å². The number of benzene rings is 5. The SMILES string of the molecule is O=c1oc(=O)c2c3c(=O)oc(=O)c3c3cccc4c5cccc6c1ccc(c65)c2c43. The molecule has 0 saturated carbocycles. The zero-order valence-electron chi connectivity index (χ0n) is 15.1. The van der Waals surface area contributed by atoms with E-state index >= 15 is 0 Å². The number of hydrogen-bond acceptors (Lipinski definition) is 6. The van der Waals surface area contributed by atoms with Crippen LogP contribution in [-0.2, 0) is 0 Å². The summed E-state index contributed by atoms with van der Waals surface area (Å²) < 4.78 is 10.0. The van der Waals surface area contributed by atoms with Crippen LogP contribution >= 0.6 is 0 Å². The molecule has 0 atom stereocenters. The van der Waals surface area contributed by atoms with Gasteiger partial charge in [0.05, 0.1) is 21.5 Å². The van der Waals surface area contributed by atoms with Crippen molar-refractivity contribution < 1.29 is 8.83 Å². The topological polar surface area (TPSA) is 94.6 Å². The molecule has 6 heteroatoms. The van der Waals surface area contributed by atoms with Gasteiger partial charge in [0, 0.05) is 5.39 Å². The van der Waals surface area contributed by atoms with Crippen LogP contribution in [0, 0.1) is 0 Å². The highest BCUT2D eigenvalue weighted by molar-refractivity contribution is 6.41. The molecule has 0 spiro atoms. The molecule has 0 fully saturated rings. The zero-order chi connectivity index (χ0) is 20.3. The molecule has 0 N–H and O–H groups in total. The normalized spacial score (nSPS) is 12.5. The lowest BCUT2D eigenvalue weighted by molar-refractivity contribution is 0.490. The van der Waals surface area contributed by atoms with E-state index in [0.717, 1.165) is 16.2 Å². The lowest BCUT2D eigenvalue weighted by atomic mass is 9.86. The smallest absolute Gasteiger partial charge is 0.347 e. The van der Waals surface area contributed by atoms with Gasteiger partial charge in [-0.15, -0.1) is 0 Å². The first-order chi connectivity index (χ1) is 14.6. The van der Waals surface area contributed by atoms with Crippen molar-refractivity contribution in [2.24, 2.45) is 0 Å². The van der Waals surface area contributed by atoms with E-state index in [2.05, 4.69) is 0 Å². The van der Waals surface area contributed by atoms with Gasteiger partial charge in [0.25, 0.3) is 0 Å². The van der Waals surface area contributed by atoms with Crippen LogP contribution in [0.4, 0.5) is 0 Å². The third kappa shape index (κ3) is 1.55. The first-order valence-corrected chi connectivity index (χ1v) is 9.28. The molecule has 7 aromatic rings.